The van der Waals surface area contributed by atoms with Gasteiger partial charge >= 0.3 is 0 Å². The van der Waals surface area contributed by atoms with Crippen molar-refractivity contribution in [3.8, 4) is 0 Å². The number of allylic oxidation sites excluding steroid dienone is 1. The first-order chi connectivity index (χ1) is 13.8. The van der Waals surface area contributed by atoms with E-state index in [0.29, 0.717) is 5.25 Å². The maximum Gasteiger partial charge on any atom is 0.160 e. The minimum atomic E-state index is 0.0275. The lowest BCUT2D eigenvalue weighted by Gasteiger charge is -2.41. The summed E-state index contributed by atoms with van der Waals surface area (Å²) >= 11 is 1.89. The van der Waals surface area contributed by atoms with E-state index in [9.17, 15) is 0 Å². The normalized spacial score (nSPS) is 27.4. The molecule has 3 unspecified atom stereocenters. The van der Waals surface area contributed by atoms with E-state index in [2.05, 4.69) is 85.9 Å². The number of fused-ring (bicyclic) bond motifs is 2. The van der Waals surface area contributed by atoms with Crippen molar-refractivity contribution in [2.75, 3.05) is 18.5 Å². The molecule has 3 aliphatic heterocycles. The Morgan fingerprint density at radius 3 is 2.76 bits per heavy atom. The van der Waals surface area contributed by atoms with Gasteiger partial charge in [0.25, 0.3) is 0 Å². The van der Waals surface area contributed by atoms with Crippen molar-refractivity contribution in [3.63, 3.8) is 0 Å². The fourth-order valence-corrected chi connectivity index (χ4v) is 5.93. The molecule has 3 atom stereocenters. The zero-order valence-electron chi connectivity index (χ0n) is 17.8. The van der Waals surface area contributed by atoms with Crippen LogP contribution in [0, 0.1) is 0 Å². The molecule has 1 fully saturated rings. The van der Waals surface area contributed by atoms with Gasteiger partial charge in [-0.05, 0) is 56.2 Å². The zero-order valence-corrected chi connectivity index (χ0v) is 18.6. The van der Waals surface area contributed by atoms with Crippen LogP contribution in [-0.4, -0.2) is 39.4 Å². The van der Waals surface area contributed by atoms with Crippen molar-refractivity contribution in [1.29, 1.82) is 0 Å². The molecule has 150 valence electrons. The van der Waals surface area contributed by atoms with Crippen LogP contribution in [0.25, 0.3) is 5.57 Å². The van der Waals surface area contributed by atoms with Gasteiger partial charge in [0.1, 0.15) is 6.04 Å². The quantitative estimate of drug-likeness (QED) is 0.679. The first-order valence-corrected chi connectivity index (χ1v) is 11.2. The number of aliphatic imine (C=N–C) groups is 1. The predicted molar refractivity (Wildman–Crippen MR) is 123 cm³/mol. The molecule has 1 aromatic carbocycles. The zero-order chi connectivity index (χ0) is 20.3. The van der Waals surface area contributed by atoms with Crippen LogP contribution in [0.5, 0.6) is 0 Å². The molecular weight excluding hydrogens is 376 g/mol. The molecule has 0 saturated carbocycles. The SMILES string of the molecule is CC1=CC(C)(C)N(C)c2ccc(C3C(c4ccccn4)N=C4SC(C)CN43)cc21. The summed E-state index contributed by atoms with van der Waals surface area (Å²) in [7, 11) is 2.19. The van der Waals surface area contributed by atoms with Crippen molar-refractivity contribution in [1.82, 2.24) is 9.88 Å². The summed E-state index contributed by atoms with van der Waals surface area (Å²) in [6.07, 6.45) is 4.25. The van der Waals surface area contributed by atoms with Gasteiger partial charge in [0.15, 0.2) is 5.17 Å². The Kier molecular flexibility index (Phi) is 4.28. The van der Waals surface area contributed by atoms with E-state index in [-0.39, 0.29) is 17.6 Å². The molecule has 0 radical (unpaired) electrons. The number of rotatable bonds is 2. The number of amidine groups is 1. The fraction of sp³-hybridized carbons (Fsp3) is 0.417. The Labute approximate surface area is 177 Å². The monoisotopic (exact) mass is 404 g/mol. The minimum Gasteiger partial charge on any atom is -0.366 e. The van der Waals surface area contributed by atoms with E-state index >= 15 is 0 Å². The molecule has 0 bridgehead atoms. The molecule has 4 nitrogen and oxygen atoms in total. The molecule has 3 aliphatic rings. The molecule has 0 spiro atoms. The number of thioether (sulfide) groups is 1. The third-order valence-electron chi connectivity index (χ3n) is 6.46. The largest absolute Gasteiger partial charge is 0.366 e. The highest BCUT2D eigenvalue weighted by Gasteiger charge is 2.44. The van der Waals surface area contributed by atoms with Crippen molar-refractivity contribution >= 4 is 28.2 Å². The summed E-state index contributed by atoms with van der Waals surface area (Å²) in [5, 5.41) is 1.74. The van der Waals surface area contributed by atoms with Crippen LogP contribution in [0.3, 0.4) is 0 Å². The molecule has 1 saturated heterocycles. The van der Waals surface area contributed by atoms with Crippen LogP contribution in [0.4, 0.5) is 5.69 Å². The van der Waals surface area contributed by atoms with Crippen molar-refractivity contribution in [3.05, 3.63) is 65.5 Å². The molecule has 2 aromatic rings. The Morgan fingerprint density at radius 2 is 2.00 bits per heavy atom. The highest BCUT2D eigenvalue weighted by atomic mass is 32.2. The van der Waals surface area contributed by atoms with Crippen LogP contribution < -0.4 is 4.90 Å². The van der Waals surface area contributed by atoms with E-state index < -0.39 is 0 Å². The fourth-order valence-electron chi connectivity index (χ4n) is 4.84. The molecule has 0 N–H and O–H groups in total. The van der Waals surface area contributed by atoms with Gasteiger partial charge in [-0.15, -0.1) is 0 Å². The van der Waals surface area contributed by atoms with Gasteiger partial charge < -0.3 is 9.80 Å². The molecular formula is C24H28N4S. The molecule has 5 rings (SSSR count). The summed E-state index contributed by atoms with van der Waals surface area (Å²) < 4.78 is 0. The molecule has 29 heavy (non-hydrogen) atoms. The summed E-state index contributed by atoms with van der Waals surface area (Å²) in [6, 6.07) is 13.4. The average molecular weight is 405 g/mol. The van der Waals surface area contributed by atoms with Gasteiger partial charge in [-0.25, -0.2) is 0 Å². The van der Waals surface area contributed by atoms with Gasteiger partial charge in [-0.2, -0.15) is 0 Å². The maximum atomic E-state index is 5.12. The molecule has 4 heterocycles. The van der Waals surface area contributed by atoms with Gasteiger partial charge in [0.05, 0.1) is 17.3 Å². The van der Waals surface area contributed by atoms with Crippen molar-refractivity contribution in [2.45, 2.75) is 50.6 Å². The van der Waals surface area contributed by atoms with Crippen LogP contribution in [0.1, 0.15) is 56.6 Å². The van der Waals surface area contributed by atoms with Crippen molar-refractivity contribution in [2.24, 2.45) is 4.99 Å². The maximum absolute atomic E-state index is 5.12. The number of hydrogen-bond acceptors (Lipinski definition) is 5. The Morgan fingerprint density at radius 1 is 1.17 bits per heavy atom. The number of likely N-dealkylation sites (N-methyl/N-ethyl adjacent to an activating group) is 1. The highest BCUT2D eigenvalue weighted by molar-refractivity contribution is 8.14. The van der Waals surface area contributed by atoms with Gasteiger partial charge in [0.2, 0.25) is 0 Å². The predicted octanol–water partition coefficient (Wildman–Crippen LogP) is 5.30. The molecule has 5 heteroatoms. The lowest BCUT2D eigenvalue weighted by molar-refractivity contribution is 0.321. The average Bonchev–Trinajstić information content (AvgIpc) is 3.22. The summed E-state index contributed by atoms with van der Waals surface area (Å²) in [6.45, 7) is 10.1. The van der Waals surface area contributed by atoms with E-state index in [1.807, 2.05) is 24.0 Å². The molecule has 1 aromatic heterocycles. The van der Waals surface area contributed by atoms with Crippen LogP contribution >= 0.6 is 11.8 Å². The number of aromatic nitrogens is 1. The van der Waals surface area contributed by atoms with E-state index in [0.717, 1.165) is 12.2 Å². The van der Waals surface area contributed by atoms with E-state index in [1.165, 1.54) is 27.6 Å². The Balaban J connectivity index is 1.60. The first-order valence-electron chi connectivity index (χ1n) is 10.3. The number of pyridine rings is 1. The van der Waals surface area contributed by atoms with Crippen molar-refractivity contribution < 1.29 is 0 Å². The van der Waals surface area contributed by atoms with Gasteiger partial charge in [-0.1, -0.05) is 36.9 Å². The number of hydrogen-bond donors (Lipinski definition) is 0. The third kappa shape index (κ3) is 2.98. The smallest absolute Gasteiger partial charge is 0.160 e. The van der Waals surface area contributed by atoms with Crippen LogP contribution in [0.2, 0.25) is 0 Å². The second kappa shape index (κ2) is 6.63. The summed E-state index contributed by atoms with van der Waals surface area (Å²) in [5.41, 5.74) is 6.39. The lowest BCUT2D eigenvalue weighted by atomic mass is 9.86. The van der Waals surface area contributed by atoms with E-state index in [4.69, 9.17) is 4.99 Å². The third-order valence-corrected chi connectivity index (χ3v) is 7.57. The van der Waals surface area contributed by atoms with E-state index in [1.54, 1.807) is 0 Å². The summed E-state index contributed by atoms with van der Waals surface area (Å²) in [5.74, 6) is 0. The topological polar surface area (TPSA) is 31.7 Å². The molecule has 0 amide bonds. The second-order valence-corrected chi connectivity index (χ2v) is 10.4. The second-order valence-electron chi connectivity index (χ2n) is 8.95. The first kappa shape index (κ1) is 18.7. The minimum absolute atomic E-state index is 0.0275. The van der Waals surface area contributed by atoms with Crippen LogP contribution in [-0.2, 0) is 0 Å². The highest BCUT2D eigenvalue weighted by Crippen LogP contribution is 2.49. The number of nitrogens with zero attached hydrogens (tertiary/aromatic N) is 4. The van der Waals surface area contributed by atoms with Crippen LogP contribution in [0.15, 0.2) is 53.7 Å². The Bertz CT molecular complexity index is 1010. The standard InChI is InChI=1S/C24H28N4S/c1-15-13-24(3,4)27(5)20-10-9-17(12-18(15)20)22-21(19-8-6-7-11-25-19)26-23-28(22)14-16(2)29-23/h6-13,16,21-22H,14H2,1-5H3. The van der Waals surface area contributed by atoms with Gasteiger partial charge in [0, 0.05) is 36.3 Å². The molecule has 0 aliphatic carbocycles. The summed E-state index contributed by atoms with van der Waals surface area (Å²) in [4.78, 5) is 14.6. The number of anilines is 1. The lowest BCUT2D eigenvalue weighted by Crippen LogP contribution is -2.42. The Hall–Kier alpha value is -2.27. The number of benzene rings is 1. The van der Waals surface area contributed by atoms with Gasteiger partial charge in [-0.3, -0.25) is 9.98 Å².